The van der Waals surface area contributed by atoms with Gasteiger partial charge >= 0.3 is 5.97 Å². The Kier molecular flexibility index (Phi) is 7.08. The number of likely N-dealkylation sites (N-methyl/N-ethyl adjacent to an activating group) is 1. The Bertz CT molecular complexity index is 1290. The van der Waals surface area contributed by atoms with E-state index in [2.05, 4.69) is 26.8 Å². The van der Waals surface area contributed by atoms with Crippen molar-refractivity contribution < 1.29 is 15.0 Å². The average molecular weight is 461 g/mol. The van der Waals surface area contributed by atoms with Crippen LogP contribution in [0.3, 0.4) is 0 Å². The Morgan fingerprint density at radius 3 is 2.53 bits per heavy atom. The van der Waals surface area contributed by atoms with Gasteiger partial charge in [-0.15, -0.1) is 0 Å². The number of carboxylic acids is 1. The molecule has 1 saturated heterocycles. The smallest absolute Gasteiger partial charge is 0.303 e. The first-order valence-electron chi connectivity index (χ1n) is 11.3. The van der Waals surface area contributed by atoms with Crippen LogP contribution in [0.15, 0.2) is 58.3 Å². The number of fused-ring (bicyclic) bond motifs is 1. The van der Waals surface area contributed by atoms with Crippen LogP contribution in [0, 0.1) is 0 Å². The molecule has 2 aromatic carbocycles. The number of allylic oxidation sites excluding steroid dienone is 1. The summed E-state index contributed by atoms with van der Waals surface area (Å²) in [6.07, 6.45) is 5.59. The second-order valence-electron chi connectivity index (χ2n) is 8.42. The van der Waals surface area contributed by atoms with Crippen LogP contribution in [0.5, 0.6) is 5.88 Å². The van der Waals surface area contributed by atoms with Gasteiger partial charge in [-0.05, 0) is 55.4 Å². The highest BCUT2D eigenvalue weighted by molar-refractivity contribution is 6.02. The molecule has 0 radical (unpaired) electrons. The highest BCUT2D eigenvalue weighted by Gasteiger charge is 2.14. The van der Waals surface area contributed by atoms with Crippen LogP contribution in [-0.2, 0) is 4.79 Å². The van der Waals surface area contributed by atoms with E-state index >= 15 is 0 Å². The maximum atomic E-state index is 12.3. The number of nitrogens with zero attached hydrogens (tertiary/aromatic N) is 3. The summed E-state index contributed by atoms with van der Waals surface area (Å²) in [6, 6.07) is 13.2. The monoisotopic (exact) mass is 460 g/mol. The maximum absolute atomic E-state index is 12.3. The van der Waals surface area contributed by atoms with Gasteiger partial charge in [0.15, 0.2) is 0 Å². The Balaban J connectivity index is 1.58. The highest BCUT2D eigenvalue weighted by atomic mass is 16.4. The molecule has 3 aromatic rings. The van der Waals surface area contributed by atoms with Crippen molar-refractivity contribution in [2.24, 2.45) is 4.99 Å². The minimum atomic E-state index is -0.852. The summed E-state index contributed by atoms with van der Waals surface area (Å²) < 4.78 is 0. The van der Waals surface area contributed by atoms with Crippen LogP contribution in [0.1, 0.15) is 24.0 Å². The van der Waals surface area contributed by atoms with Crippen molar-refractivity contribution >= 4 is 40.4 Å². The molecule has 8 nitrogen and oxygen atoms in total. The summed E-state index contributed by atoms with van der Waals surface area (Å²) in [7, 11) is 2.13. The van der Waals surface area contributed by atoms with E-state index < -0.39 is 5.97 Å². The molecule has 1 aliphatic heterocycles. The average Bonchev–Trinajstić information content (AvgIpc) is 2.82. The number of pyridine rings is 1. The molecule has 34 heavy (non-hydrogen) atoms. The zero-order valence-corrected chi connectivity index (χ0v) is 19.1. The van der Waals surface area contributed by atoms with Crippen LogP contribution in [0.2, 0.25) is 0 Å². The van der Waals surface area contributed by atoms with Crippen molar-refractivity contribution in [3.05, 3.63) is 70.0 Å². The molecule has 1 aromatic heterocycles. The maximum Gasteiger partial charge on any atom is 0.303 e. The van der Waals surface area contributed by atoms with Gasteiger partial charge in [0.1, 0.15) is 0 Å². The Morgan fingerprint density at radius 1 is 1.09 bits per heavy atom. The molecule has 0 saturated carbocycles. The fourth-order valence-electron chi connectivity index (χ4n) is 3.97. The van der Waals surface area contributed by atoms with Crippen molar-refractivity contribution in [1.82, 2.24) is 9.88 Å². The van der Waals surface area contributed by atoms with E-state index in [-0.39, 0.29) is 17.9 Å². The lowest BCUT2D eigenvalue weighted by molar-refractivity contribution is -0.136. The lowest BCUT2D eigenvalue weighted by Gasteiger charge is -2.34. The quantitative estimate of drug-likeness (QED) is 0.465. The number of carboxylic acid groups (broad SMARTS) is 1. The molecular weight excluding hydrogens is 432 g/mol. The third kappa shape index (κ3) is 5.52. The fourth-order valence-corrected chi connectivity index (χ4v) is 3.97. The predicted octanol–water partition coefficient (Wildman–Crippen LogP) is 3.61. The number of nitrogens with one attached hydrogen (secondary N) is 1. The largest absolute Gasteiger partial charge is 0.494 e. The molecule has 0 aliphatic carbocycles. The number of rotatable bonds is 7. The molecule has 1 fully saturated rings. The van der Waals surface area contributed by atoms with Crippen LogP contribution >= 0.6 is 0 Å². The molecule has 0 unspecified atom stereocenters. The van der Waals surface area contributed by atoms with E-state index in [0.29, 0.717) is 22.8 Å². The SMILES string of the molecule is CN1CCN(c2ccc(N=Cc3c(O)[nH]c(=O)c4ccc(/C=C/CCC(=O)O)cc34)cc2)CC1. The molecule has 1 aliphatic rings. The molecule has 176 valence electrons. The number of aromatic nitrogens is 1. The summed E-state index contributed by atoms with van der Waals surface area (Å²) in [6.45, 7) is 4.05. The van der Waals surface area contributed by atoms with Crippen molar-refractivity contribution in [2.45, 2.75) is 12.8 Å². The predicted molar refractivity (Wildman–Crippen MR) is 136 cm³/mol. The highest BCUT2D eigenvalue weighted by Crippen LogP contribution is 2.25. The number of hydrogen-bond acceptors (Lipinski definition) is 6. The molecule has 2 heterocycles. The van der Waals surface area contributed by atoms with E-state index in [9.17, 15) is 14.7 Å². The first-order valence-corrected chi connectivity index (χ1v) is 11.3. The number of anilines is 1. The molecule has 0 spiro atoms. The number of benzene rings is 2. The van der Waals surface area contributed by atoms with Gasteiger partial charge in [0.05, 0.1) is 11.3 Å². The zero-order valence-electron chi connectivity index (χ0n) is 19.1. The third-order valence-electron chi connectivity index (χ3n) is 5.96. The number of H-pyrrole nitrogens is 1. The van der Waals surface area contributed by atoms with E-state index in [0.717, 1.165) is 43.1 Å². The lowest BCUT2D eigenvalue weighted by atomic mass is 10.0. The van der Waals surface area contributed by atoms with Gasteiger partial charge in [-0.2, -0.15) is 0 Å². The lowest BCUT2D eigenvalue weighted by Crippen LogP contribution is -2.44. The van der Waals surface area contributed by atoms with Crippen molar-refractivity contribution in [1.29, 1.82) is 0 Å². The van der Waals surface area contributed by atoms with Crippen molar-refractivity contribution in [3.63, 3.8) is 0 Å². The first-order chi connectivity index (χ1) is 16.4. The summed E-state index contributed by atoms with van der Waals surface area (Å²) in [5.74, 6) is -1.10. The number of carbonyl (C=O) groups is 1. The summed E-state index contributed by atoms with van der Waals surface area (Å²) in [4.78, 5) is 34.7. The second-order valence-corrected chi connectivity index (χ2v) is 8.42. The minimum absolute atomic E-state index is 0.0516. The minimum Gasteiger partial charge on any atom is -0.494 e. The third-order valence-corrected chi connectivity index (χ3v) is 5.96. The van der Waals surface area contributed by atoms with Crippen LogP contribution in [0.25, 0.3) is 16.8 Å². The fraction of sp³-hybridized carbons (Fsp3) is 0.269. The molecule has 8 heteroatoms. The normalized spacial score (nSPS) is 15.0. The number of aromatic amines is 1. The Hall–Kier alpha value is -3.91. The van der Waals surface area contributed by atoms with Crippen molar-refractivity contribution in [2.75, 3.05) is 38.1 Å². The van der Waals surface area contributed by atoms with Crippen LogP contribution < -0.4 is 10.5 Å². The van der Waals surface area contributed by atoms with Gasteiger partial charge in [0.25, 0.3) is 5.56 Å². The zero-order chi connectivity index (χ0) is 24.1. The number of aromatic hydroxyl groups is 1. The summed E-state index contributed by atoms with van der Waals surface area (Å²) in [5, 5.41) is 20.2. The van der Waals surface area contributed by atoms with Gasteiger partial charge < -0.3 is 20.0 Å². The topological polar surface area (TPSA) is 109 Å². The molecule has 0 atom stereocenters. The molecule has 4 rings (SSSR count). The number of aliphatic imine (C=N–C) groups is 1. The van der Waals surface area contributed by atoms with E-state index in [1.54, 1.807) is 36.6 Å². The van der Waals surface area contributed by atoms with Crippen LogP contribution in [0.4, 0.5) is 11.4 Å². The van der Waals surface area contributed by atoms with E-state index in [1.807, 2.05) is 24.3 Å². The van der Waals surface area contributed by atoms with Gasteiger partial charge in [0.2, 0.25) is 5.88 Å². The first kappa shape index (κ1) is 23.3. The van der Waals surface area contributed by atoms with Gasteiger partial charge in [0, 0.05) is 55.3 Å². The van der Waals surface area contributed by atoms with Gasteiger partial charge in [-0.3, -0.25) is 19.6 Å². The molecule has 0 bridgehead atoms. The van der Waals surface area contributed by atoms with E-state index in [1.165, 1.54) is 0 Å². The number of hydrogen-bond donors (Lipinski definition) is 3. The Morgan fingerprint density at radius 2 is 1.82 bits per heavy atom. The standard InChI is InChI=1S/C26H28N4O4/c1-29-12-14-30(15-13-29)20-9-7-19(8-10-20)27-17-23-22-16-18(4-2-3-5-24(31)32)6-11-21(22)25(33)28-26(23)34/h2,4,6-11,16-17H,3,5,12-15H2,1H3,(H,31,32)(H2,28,33,34)/b4-2+,27-17?. The number of aliphatic carboxylic acids is 1. The number of piperazine rings is 1. The summed E-state index contributed by atoms with van der Waals surface area (Å²) in [5.41, 5.74) is 2.72. The second kappa shape index (κ2) is 10.4. The van der Waals surface area contributed by atoms with Crippen LogP contribution in [-0.4, -0.2) is 65.5 Å². The van der Waals surface area contributed by atoms with Gasteiger partial charge in [-0.25, -0.2) is 0 Å². The van der Waals surface area contributed by atoms with Crippen molar-refractivity contribution in [3.8, 4) is 5.88 Å². The Labute approximate surface area is 197 Å². The van der Waals surface area contributed by atoms with E-state index in [4.69, 9.17) is 5.11 Å². The molecule has 0 amide bonds. The molecule has 3 N–H and O–H groups in total. The van der Waals surface area contributed by atoms with Gasteiger partial charge in [-0.1, -0.05) is 18.2 Å². The molecular formula is C26H28N4O4. The summed E-state index contributed by atoms with van der Waals surface area (Å²) >= 11 is 0.